The van der Waals surface area contributed by atoms with Gasteiger partial charge in [-0.3, -0.25) is 0 Å². The molecule has 3 aromatic rings. The lowest BCUT2D eigenvalue weighted by atomic mass is 9.76. The Morgan fingerprint density at radius 1 is 0.614 bits per heavy atom. The first-order chi connectivity index (χ1) is 21.4. The van der Waals surface area contributed by atoms with Gasteiger partial charge in [0.15, 0.2) is 0 Å². The van der Waals surface area contributed by atoms with E-state index in [0.717, 1.165) is 12.1 Å². The standard InChI is InChI=1S/C36H14F2N6/c37-31-9-19(13-39)1-5-25(31)21-3-7-27-29(11-21)33(23(15-41)16-42)36-28-8-4-22(26-6-2-20(14-40)10-32(26)38)12-30(28)34(35(27)36)24(17-43)18-44/h1-12,27,29H. The van der Waals surface area contributed by atoms with Crippen LogP contribution in [0.5, 0.6) is 0 Å². The SMILES string of the molecule is N#CC(C#N)=C1C2=C(C(=C(C#N)C#N)C3C=C(c4ccc(C#N)cc4F)C=CC23)c2ccc(-c3ccc(C#N)cc3F)cc21. The highest BCUT2D eigenvalue weighted by Gasteiger charge is 2.47. The molecule has 44 heavy (non-hydrogen) atoms. The zero-order valence-electron chi connectivity index (χ0n) is 22.5. The molecule has 2 unspecified atom stereocenters. The number of rotatable bonds is 2. The van der Waals surface area contributed by atoms with Crippen molar-refractivity contribution in [3.63, 3.8) is 0 Å². The molecule has 0 radical (unpaired) electrons. The van der Waals surface area contributed by atoms with Crippen molar-refractivity contribution >= 4 is 16.7 Å². The topological polar surface area (TPSA) is 143 Å². The average molecular weight is 569 g/mol. The van der Waals surface area contributed by atoms with Crippen molar-refractivity contribution in [3.8, 4) is 47.5 Å². The lowest BCUT2D eigenvalue weighted by molar-refractivity contribution is 0.621. The van der Waals surface area contributed by atoms with E-state index >= 15 is 8.78 Å². The molecule has 0 spiro atoms. The predicted octanol–water partition coefficient (Wildman–Crippen LogP) is 7.19. The second-order valence-electron chi connectivity index (χ2n) is 10.2. The van der Waals surface area contributed by atoms with Crippen molar-refractivity contribution in [2.75, 3.05) is 0 Å². The van der Waals surface area contributed by atoms with Crippen LogP contribution >= 0.6 is 0 Å². The smallest absolute Gasteiger partial charge is 0.137 e. The molecule has 6 nitrogen and oxygen atoms in total. The minimum Gasteiger partial charge on any atom is -0.206 e. The Hall–Kier alpha value is -6.84. The normalized spacial score (nSPS) is 17.0. The van der Waals surface area contributed by atoms with E-state index in [0.29, 0.717) is 44.6 Å². The minimum atomic E-state index is -0.617. The quantitative estimate of drug-likeness (QED) is 0.300. The first-order valence-electron chi connectivity index (χ1n) is 13.2. The van der Waals surface area contributed by atoms with Crippen LogP contribution in [0.15, 0.2) is 95.1 Å². The predicted molar refractivity (Wildman–Crippen MR) is 155 cm³/mol. The zero-order valence-corrected chi connectivity index (χ0v) is 22.5. The number of allylic oxidation sites excluding steroid dienone is 10. The van der Waals surface area contributed by atoms with Crippen molar-refractivity contribution in [2.45, 2.75) is 0 Å². The van der Waals surface area contributed by atoms with Gasteiger partial charge in [-0.05, 0) is 69.3 Å². The molecule has 202 valence electrons. The Balaban J connectivity index is 1.59. The van der Waals surface area contributed by atoms with E-state index in [2.05, 4.69) is 0 Å². The molecule has 0 aliphatic heterocycles. The molecule has 0 amide bonds. The Labute approximate surface area is 250 Å². The van der Waals surface area contributed by atoms with Gasteiger partial charge in [0.1, 0.15) is 47.1 Å². The molecule has 0 saturated carbocycles. The highest BCUT2D eigenvalue weighted by atomic mass is 19.1. The Kier molecular flexibility index (Phi) is 6.54. The zero-order chi connectivity index (χ0) is 31.1. The average Bonchev–Trinajstić information content (AvgIpc) is 3.54. The highest BCUT2D eigenvalue weighted by molar-refractivity contribution is 6.11. The lowest BCUT2D eigenvalue weighted by Crippen LogP contribution is -2.15. The van der Waals surface area contributed by atoms with E-state index in [9.17, 15) is 21.0 Å². The van der Waals surface area contributed by atoms with Gasteiger partial charge < -0.3 is 0 Å². The monoisotopic (exact) mass is 568 g/mol. The van der Waals surface area contributed by atoms with Gasteiger partial charge in [-0.25, -0.2) is 8.78 Å². The maximum atomic E-state index is 15.0. The number of benzene rings is 3. The number of nitriles is 6. The maximum absolute atomic E-state index is 15.0. The fourth-order valence-corrected chi connectivity index (χ4v) is 6.22. The summed E-state index contributed by atoms with van der Waals surface area (Å²) < 4.78 is 30.0. The molecule has 8 heteroatoms. The van der Waals surface area contributed by atoms with Crippen molar-refractivity contribution in [2.24, 2.45) is 11.8 Å². The summed E-state index contributed by atoms with van der Waals surface area (Å²) in [5.74, 6) is -2.32. The van der Waals surface area contributed by atoms with E-state index in [1.165, 1.54) is 24.3 Å². The van der Waals surface area contributed by atoms with Crippen molar-refractivity contribution in [3.05, 3.63) is 135 Å². The maximum Gasteiger partial charge on any atom is 0.137 e. The summed E-state index contributed by atoms with van der Waals surface area (Å²) in [5, 5.41) is 58.3. The highest BCUT2D eigenvalue weighted by Crippen LogP contribution is 2.60. The molecular formula is C36H14F2N6. The molecule has 0 N–H and O–H groups in total. The van der Waals surface area contributed by atoms with Crippen LogP contribution < -0.4 is 0 Å². The van der Waals surface area contributed by atoms with Crippen LogP contribution in [0.25, 0.3) is 27.8 Å². The van der Waals surface area contributed by atoms with Gasteiger partial charge >= 0.3 is 0 Å². The van der Waals surface area contributed by atoms with Crippen LogP contribution in [-0.2, 0) is 0 Å². The van der Waals surface area contributed by atoms with Gasteiger partial charge in [-0.2, -0.15) is 31.6 Å². The van der Waals surface area contributed by atoms with E-state index < -0.39 is 23.5 Å². The first kappa shape index (κ1) is 27.3. The second-order valence-corrected chi connectivity index (χ2v) is 10.2. The molecule has 0 aromatic heterocycles. The van der Waals surface area contributed by atoms with Crippen molar-refractivity contribution < 1.29 is 8.78 Å². The molecule has 3 aliphatic carbocycles. The van der Waals surface area contributed by atoms with Gasteiger partial charge in [0.05, 0.1) is 23.3 Å². The van der Waals surface area contributed by atoms with Gasteiger partial charge in [0.2, 0.25) is 0 Å². The summed E-state index contributed by atoms with van der Waals surface area (Å²) in [7, 11) is 0. The fraction of sp³-hybridized carbons (Fsp3) is 0.0556. The largest absolute Gasteiger partial charge is 0.206 e. The fourth-order valence-electron chi connectivity index (χ4n) is 6.22. The summed E-state index contributed by atoms with van der Waals surface area (Å²) in [4.78, 5) is 0. The van der Waals surface area contributed by atoms with Gasteiger partial charge in [0.25, 0.3) is 0 Å². The van der Waals surface area contributed by atoms with Crippen LogP contribution in [0.2, 0.25) is 0 Å². The number of halogens is 2. The van der Waals surface area contributed by atoms with E-state index in [1.54, 1.807) is 36.4 Å². The van der Waals surface area contributed by atoms with Crippen LogP contribution in [0, 0.1) is 91.5 Å². The third kappa shape index (κ3) is 4.01. The van der Waals surface area contributed by atoms with Crippen LogP contribution in [0.3, 0.4) is 0 Å². The molecule has 0 heterocycles. The Morgan fingerprint density at radius 2 is 1.20 bits per heavy atom. The lowest BCUT2D eigenvalue weighted by Gasteiger charge is -2.25. The molecule has 2 atom stereocenters. The Bertz CT molecular complexity index is 2240. The van der Waals surface area contributed by atoms with Crippen LogP contribution in [0.1, 0.15) is 27.8 Å². The van der Waals surface area contributed by atoms with Crippen LogP contribution in [-0.4, -0.2) is 0 Å². The summed E-state index contributed by atoms with van der Waals surface area (Å²) in [5.41, 5.74) is 4.19. The van der Waals surface area contributed by atoms with Gasteiger partial charge in [0, 0.05) is 28.5 Å². The molecule has 6 rings (SSSR count). The summed E-state index contributed by atoms with van der Waals surface area (Å²) >= 11 is 0. The summed E-state index contributed by atoms with van der Waals surface area (Å²) in [6, 6.07) is 24.9. The van der Waals surface area contributed by atoms with Gasteiger partial charge in [-0.1, -0.05) is 42.5 Å². The molecule has 0 fully saturated rings. The molecule has 0 saturated heterocycles. The molecule has 3 aromatic carbocycles. The number of nitrogens with zero attached hydrogens (tertiary/aromatic N) is 6. The second kappa shape index (κ2) is 10.5. The number of hydrogen-bond donors (Lipinski definition) is 0. The van der Waals surface area contributed by atoms with E-state index in [-0.39, 0.29) is 33.4 Å². The third-order valence-corrected chi connectivity index (χ3v) is 8.05. The molecular weight excluding hydrogens is 554 g/mol. The van der Waals surface area contributed by atoms with Crippen molar-refractivity contribution in [1.82, 2.24) is 0 Å². The summed E-state index contributed by atoms with van der Waals surface area (Å²) in [6.45, 7) is 0. The number of fused-ring (bicyclic) bond motifs is 4. The minimum absolute atomic E-state index is 0.156. The third-order valence-electron chi connectivity index (χ3n) is 8.05. The Morgan fingerprint density at radius 3 is 1.77 bits per heavy atom. The molecule has 3 aliphatic rings. The van der Waals surface area contributed by atoms with E-state index in [4.69, 9.17) is 10.5 Å². The summed E-state index contributed by atoms with van der Waals surface area (Å²) in [6.07, 6.45) is 5.26. The van der Waals surface area contributed by atoms with Crippen LogP contribution in [0.4, 0.5) is 8.78 Å². The van der Waals surface area contributed by atoms with Gasteiger partial charge in [-0.15, -0.1) is 0 Å². The van der Waals surface area contributed by atoms with E-state index in [1.807, 2.05) is 36.4 Å². The number of hydrogen-bond acceptors (Lipinski definition) is 6. The van der Waals surface area contributed by atoms with Crippen molar-refractivity contribution in [1.29, 1.82) is 31.6 Å². The first-order valence-corrected chi connectivity index (χ1v) is 13.2. The molecule has 0 bridgehead atoms.